The molecule has 1 unspecified atom stereocenters. The van der Waals surface area contributed by atoms with Gasteiger partial charge < -0.3 is 5.73 Å². The van der Waals surface area contributed by atoms with Crippen molar-refractivity contribution in [1.82, 2.24) is 0 Å². The molecule has 1 nitrogen and oxygen atoms in total. The second-order valence-corrected chi connectivity index (χ2v) is 4.56. The number of benzene rings is 2. The molecular formula is C15H15F2N. The Hall–Kier alpha value is -1.74. The van der Waals surface area contributed by atoms with Gasteiger partial charge in [0.15, 0.2) is 0 Å². The molecule has 0 spiro atoms. The van der Waals surface area contributed by atoms with Gasteiger partial charge in [-0.05, 0) is 48.7 Å². The quantitative estimate of drug-likeness (QED) is 0.861. The van der Waals surface area contributed by atoms with Crippen LogP contribution in [0.1, 0.15) is 28.3 Å². The fraction of sp³-hybridized carbons (Fsp3) is 0.200. The molecule has 18 heavy (non-hydrogen) atoms. The minimum Gasteiger partial charge on any atom is -0.320 e. The summed E-state index contributed by atoms with van der Waals surface area (Å²) in [4.78, 5) is 0. The summed E-state index contributed by atoms with van der Waals surface area (Å²) in [6.07, 6.45) is 0. The van der Waals surface area contributed by atoms with Crippen LogP contribution in [0.15, 0.2) is 36.4 Å². The van der Waals surface area contributed by atoms with E-state index in [-0.39, 0.29) is 11.6 Å². The van der Waals surface area contributed by atoms with Gasteiger partial charge >= 0.3 is 0 Å². The van der Waals surface area contributed by atoms with Crippen molar-refractivity contribution in [2.45, 2.75) is 19.9 Å². The summed E-state index contributed by atoms with van der Waals surface area (Å²) < 4.78 is 27.1. The highest BCUT2D eigenvalue weighted by atomic mass is 19.1. The van der Waals surface area contributed by atoms with Gasteiger partial charge in [0.1, 0.15) is 11.6 Å². The van der Waals surface area contributed by atoms with Crippen LogP contribution in [-0.4, -0.2) is 0 Å². The molecule has 0 aliphatic rings. The summed E-state index contributed by atoms with van der Waals surface area (Å²) in [5.74, 6) is -0.711. The van der Waals surface area contributed by atoms with E-state index in [2.05, 4.69) is 0 Å². The van der Waals surface area contributed by atoms with E-state index in [4.69, 9.17) is 5.73 Å². The zero-order chi connectivity index (χ0) is 13.3. The highest BCUT2D eigenvalue weighted by Gasteiger charge is 2.14. The fourth-order valence-electron chi connectivity index (χ4n) is 2.01. The summed E-state index contributed by atoms with van der Waals surface area (Å²) in [6.45, 7) is 3.59. The molecule has 0 radical (unpaired) electrons. The van der Waals surface area contributed by atoms with Crippen LogP contribution in [0, 0.1) is 25.5 Å². The van der Waals surface area contributed by atoms with Crippen molar-refractivity contribution in [2.75, 3.05) is 0 Å². The first kappa shape index (κ1) is 12.7. The molecule has 2 aromatic rings. The number of rotatable bonds is 2. The average molecular weight is 247 g/mol. The first-order valence-electron chi connectivity index (χ1n) is 5.76. The minimum absolute atomic E-state index is 0.354. The average Bonchev–Trinajstić information content (AvgIpc) is 2.26. The van der Waals surface area contributed by atoms with E-state index in [1.54, 1.807) is 25.1 Å². The second kappa shape index (κ2) is 4.86. The van der Waals surface area contributed by atoms with Crippen molar-refractivity contribution < 1.29 is 8.78 Å². The largest absolute Gasteiger partial charge is 0.320 e. The molecule has 0 bridgehead atoms. The van der Waals surface area contributed by atoms with Gasteiger partial charge in [0.05, 0.1) is 6.04 Å². The number of halogens is 2. The number of hydrogen-bond acceptors (Lipinski definition) is 1. The van der Waals surface area contributed by atoms with Crippen LogP contribution in [0.4, 0.5) is 8.78 Å². The smallest absolute Gasteiger partial charge is 0.128 e. The lowest BCUT2D eigenvalue weighted by molar-refractivity contribution is 0.594. The Morgan fingerprint density at radius 1 is 0.944 bits per heavy atom. The van der Waals surface area contributed by atoms with E-state index < -0.39 is 6.04 Å². The summed E-state index contributed by atoms with van der Waals surface area (Å²) in [7, 11) is 0. The predicted octanol–water partition coefficient (Wildman–Crippen LogP) is 3.63. The molecule has 0 heterocycles. The van der Waals surface area contributed by atoms with Crippen molar-refractivity contribution >= 4 is 0 Å². The van der Waals surface area contributed by atoms with E-state index in [0.29, 0.717) is 11.1 Å². The maximum Gasteiger partial charge on any atom is 0.128 e. The van der Waals surface area contributed by atoms with Gasteiger partial charge in [0.25, 0.3) is 0 Å². The maximum atomic E-state index is 13.8. The maximum absolute atomic E-state index is 13.8. The Balaban J connectivity index is 2.44. The molecule has 0 aromatic heterocycles. The highest BCUT2D eigenvalue weighted by molar-refractivity contribution is 5.36. The Kier molecular flexibility index (Phi) is 3.43. The summed E-state index contributed by atoms with van der Waals surface area (Å²) in [5.41, 5.74) is 8.56. The Bertz CT molecular complexity index is 558. The van der Waals surface area contributed by atoms with Crippen molar-refractivity contribution in [2.24, 2.45) is 5.73 Å². The molecule has 2 aromatic carbocycles. The Morgan fingerprint density at radius 3 is 2.28 bits per heavy atom. The molecule has 3 heteroatoms. The lowest BCUT2D eigenvalue weighted by Gasteiger charge is -2.14. The van der Waals surface area contributed by atoms with Gasteiger partial charge in [-0.25, -0.2) is 8.78 Å². The van der Waals surface area contributed by atoms with Gasteiger partial charge in [-0.1, -0.05) is 18.2 Å². The Morgan fingerprint density at radius 2 is 1.67 bits per heavy atom. The molecule has 1 atom stereocenters. The lowest BCUT2D eigenvalue weighted by atomic mass is 9.97. The van der Waals surface area contributed by atoms with E-state index in [0.717, 1.165) is 11.1 Å². The van der Waals surface area contributed by atoms with Gasteiger partial charge in [-0.15, -0.1) is 0 Å². The molecule has 0 fully saturated rings. The van der Waals surface area contributed by atoms with Gasteiger partial charge in [-0.3, -0.25) is 0 Å². The van der Waals surface area contributed by atoms with Crippen LogP contribution in [0.2, 0.25) is 0 Å². The highest BCUT2D eigenvalue weighted by Crippen LogP contribution is 2.24. The number of nitrogens with two attached hydrogens (primary N) is 1. The second-order valence-electron chi connectivity index (χ2n) is 4.56. The predicted molar refractivity (Wildman–Crippen MR) is 68.3 cm³/mol. The van der Waals surface area contributed by atoms with Crippen LogP contribution in [0.3, 0.4) is 0 Å². The lowest BCUT2D eigenvalue weighted by Crippen LogP contribution is -2.14. The van der Waals surface area contributed by atoms with E-state index >= 15 is 0 Å². The van der Waals surface area contributed by atoms with Gasteiger partial charge in [0.2, 0.25) is 0 Å². The van der Waals surface area contributed by atoms with Crippen molar-refractivity contribution in [1.29, 1.82) is 0 Å². The summed E-state index contributed by atoms with van der Waals surface area (Å²) >= 11 is 0. The van der Waals surface area contributed by atoms with Crippen LogP contribution in [0.25, 0.3) is 0 Å². The zero-order valence-corrected chi connectivity index (χ0v) is 10.4. The minimum atomic E-state index is -0.653. The van der Waals surface area contributed by atoms with Crippen LogP contribution < -0.4 is 5.73 Å². The molecular weight excluding hydrogens is 232 g/mol. The van der Waals surface area contributed by atoms with Crippen molar-refractivity contribution in [3.05, 3.63) is 70.3 Å². The van der Waals surface area contributed by atoms with E-state index in [9.17, 15) is 8.78 Å². The molecule has 94 valence electrons. The fourth-order valence-corrected chi connectivity index (χ4v) is 2.01. The first-order chi connectivity index (χ1) is 8.47. The SMILES string of the molecule is Cc1cc(F)cc(C(N)c2ccc(C)cc2F)c1. The van der Waals surface area contributed by atoms with Crippen LogP contribution in [-0.2, 0) is 0 Å². The molecule has 2 rings (SSSR count). The molecule has 0 saturated carbocycles. The molecule has 0 aliphatic heterocycles. The molecule has 0 saturated heterocycles. The topological polar surface area (TPSA) is 26.0 Å². The van der Waals surface area contributed by atoms with Crippen LogP contribution >= 0.6 is 0 Å². The zero-order valence-electron chi connectivity index (χ0n) is 10.4. The number of aryl methyl sites for hydroxylation is 2. The number of hydrogen-bond donors (Lipinski definition) is 1. The first-order valence-corrected chi connectivity index (χ1v) is 5.76. The molecule has 2 N–H and O–H groups in total. The molecule has 0 aliphatic carbocycles. The summed E-state index contributed by atoms with van der Waals surface area (Å²) in [6, 6.07) is 8.76. The van der Waals surface area contributed by atoms with Crippen molar-refractivity contribution in [3.63, 3.8) is 0 Å². The van der Waals surface area contributed by atoms with Crippen molar-refractivity contribution in [3.8, 4) is 0 Å². The van der Waals surface area contributed by atoms with Gasteiger partial charge in [0, 0.05) is 5.56 Å². The third kappa shape index (κ3) is 2.57. The van der Waals surface area contributed by atoms with E-state index in [1.165, 1.54) is 18.2 Å². The third-order valence-corrected chi connectivity index (χ3v) is 2.91. The Labute approximate surface area is 105 Å². The monoisotopic (exact) mass is 247 g/mol. The molecule has 0 amide bonds. The standard InChI is InChI=1S/C15H15F2N/c1-9-3-4-13(14(17)7-9)15(18)11-5-10(2)6-12(16)8-11/h3-8,15H,18H2,1-2H3. The normalized spacial score (nSPS) is 12.5. The van der Waals surface area contributed by atoms with Crippen LogP contribution in [0.5, 0.6) is 0 Å². The van der Waals surface area contributed by atoms with E-state index in [1.807, 2.05) is 6.92 Å². The third-order valence-electron chi connectivity index (χ3n) is 2.91. The summed E-state index contributed by atoms with van der Waals surface area (Å²) in [5, 5.41) is 0. The van der Waals surface area contributed by atoms with Gasteiger partial charge in [-0.2, -0.15) is 0 Å².